The molecule has 4 rings (SSSR count). The standard InChI is InChI=1S/C23H25ClN2O4/c1-27-20-3-2-4-21(13-20)28-14-22-15-29-23(30-22,16-26-12-11-25-17-26)10-9-18-5-7-19(24)8-6-18/h2-8,11-13,17,22H,9-10,14-16H2,1H3. The van der Waals surface area contributed by atoms with Gasteiger partial charge in [0.15, 0.2) is 5.79 Å². The van der Waals surface area contributed by atoms with Gasteiger partial charge in [0.05, 0.1) is 26.6 Å². The minimum atomic E-state index is -0.733. The smallest absolute Gasteiger partial charge is 0.187 e. The van der Waals surface area contributed by atoms with Crippen molar-refractivity contribution in [3.05, 3.63) is 77.8 Å². The Balaban J connectivity index is 1.40. The Morgan fingerprint density at radius 1 is 1.20 bits per heavy atom. The van der Waals surface area contributed by atoms with Crippen molar-refractivity contribution in [1.82, 2.24) is 9.55 Å². The largest absolute Gasteiger partial charge is 0.497 e. The van der Waals surface area contributed by atoms with Crippen LogP contribution < -0.4 is 9.47 Å². The van der Waals surface area contributed by atoms with Crippen LogP contribution >= 0.6 is 11.6 Å². The average Bonchev–Trinajstić information content (AvgIpc) is 3.43. The lowest BCUT2D eigenvalue weighted by Crippen LogP contribution is -2.37. The summed E-state index contributed by atoms with van der Waals surface area (Å²) in [6.07, 6.45) is 6.81. The molecule has 0 saturated carbocycles. The molecule has 1 fully saturated rings. The molecule has 1 saturated heterocycles. The highest BCUT2D eigenvalue weighted by Gasteiger charge is 2.42. The third kappa shape index (κ3) is 5.33. The van der Waals surface area contributed by atoms with Gasteiger partial charge in [0.2, 0.25) is 0 Å². The minimum absolute atomic E-state index is 0.162. The second-order valence-electron chi connectivity index (χ2n) is 7.31. The topological polar surface area (TPSA) is 54.7 Å². The van der Waals surface area contributed by atoms with Crippen molar-refractivity contribution in [3.63, 3.8) is 0 Å². The number of benzene rings is 2. The van der Waals surface area contributed by atoms with Gasteiger partial charge in [0, 0.05) is 29.9 Å². The molecule has 3 aromatic rings. The van der Waals surface area contributed by atoms with E-state index in [1.807, 2.05) is 59.3 Å². The van der Waals surface area contributed by atoms with Crippen LogP contribution in [0.15, 0.2) is 67.3 Å². The molecule has 2 heterocycles. The SMILES string of the molecule is COc1cccc(OCC2COC(CCc3ccc(Cl)cc3)(Cn3ccnc3)O2)c1. The summed E-state index contributed by atoms with van der Waals surface area (Å²) in [6.45, 7) is 1.44. The van der Waals surface area contributed by atoms with Gasteiger partial charge >= 0.3 is 0 Å². The van der Waals surface area contributed by atoms with Gasteiger partial charge < -0.3 is 23.5 Å². The molecule has 0 N–H and O–H groups in total. The number of aromatic nitrogens is 2. The van der Waals surface area contributed by atoms with Crippen LogP contribution in [0.25, 0.3) is 0 Å². The second-order valence-corrected chi connectivity index (χ2v) is 7.75. The van der Waals surface area contributed by atoms with Gasteiger partial charge in [0.1, 0.15) is 24.2 Å². The molecule has 1 aliphatic heterocycles. The molecule has 7 heteroatoms. The van der Waals surface area contributed by atoms with Crippen molar-refractivity contribution in [2.75, 3.05) is 20.3 Å². The Bertz CT molecular complexity index is 933. The Morgan fingerprint density at radius 2 is 2.03 bits per heavy atom. The van der Waals surface area contributed by atoms with Crippen LogP contribution in [0.3, 0.4) is 0 Å². The molecular weight excluding hydrogens is 404 g/mol. The normalized spacial score (nSPS) is 20.9. The zero-order chi connectivity index (χ0) is 20.8. The van der Waals surface area contributed by atoms with Crippen LogP contribution in [0.5, 0.6) is 11.5 Å². The fourth-order valence-corrected chi connectivity index (χ4v) is 3.64. The minimum Gasteiger partial charge on any atom is -0.497 e. The molecule has 0 amide bonds. The van der Waals surface area contributed by atoms with E-state index in [2.05, 4.69) is 4.98 Å². The zero-order valence-corrected chi connectivity index (χ0v) is 17.6. The number of halogens is 1. The molecule has 1 aliphatic rings. The van der Waals surface area contributed by atoms with Crippen LogP contribution in [-0.4, -0.2) is 41.8 Å². The molecule has 2 unspecified atom stereocenters. The first-order valence-corrected chi connectivity index (χ1v) is 10.3. The number of ether oxygens (including phenoxy) is 4. The van der Waals surface area contributed by atoms with Gasteiger partial charge in [-0.25, -0.2) is 4.98 Å². The average molecular weight is 429 g/mol. The molecule has 6 nitrogen and oxygen atoms in total. The van der Waals surface area contributed by atoms with Gasteiger partial charge in [-0.1, -0.05) is 29.8 Å². The number of hydrogen-bond donors (Lipinski definition) is 0. The molecule has 30 heavy (non-hydrogen) atoms. The summed E-state index contributed by atoms with van der Waals surface area (Å²) in [5.74, 6) is 0.766. The van der Waals surface area contributed by atoms with Gasteiger partial charge in [-0.2, -0.15) is 0 Å². The fourth-order valence-electron chi connectivity index (χ4n) is 3.52. The van der Waals surface area contributed by atoms with Crippen molar-refractivity contribution < 1.29 is 18.9 Å². The summed E-state index contributed by atoms with van der Waals surface area (Å²) in [7, 11) is 1.64. The Kier molecular flexibility index (Phi) is 6.57. The molecule has 1 aromatic heterocycles. The number of imidazole rings is 1. The Labute approximate surface area is 181 Å². The summed E-state index contributed by atoms with van der Waals surface area (Å²) < 4.78 is 25.7. The molecule has 158 valence electrons. The van der Waals surface area contributed by atoms with Crippen LogP contribution in [0.4, 0.5) is 0 Å². The van der Waals surface area contributed by atoms with Crippen LogP contribution in [0.1, 0.15) is 12.0 Å². The van der Waals surface area contributed by atoms with E-state index in [0.717, 1.165) is 22.9 Å². The van der Waals surface area contributed by atoms with Crippen molar-refractivity contribution in [1.29, 1.82) is 0 Å². The van der Waals surface area contributed by atoms with Crippen molar-refractivity contribution >= 4 is 11.6 Å². The summed E-state index contributed by atoms with van der Waals surface area (Å²) >= 11 is 6.00. The number of nitrogens with zero attached hydrogens (tertiary/aromatic N) is 2. The molecule has 2 aromatic carbocycles. The van der Waals surface area contributed by atoms with Crippen LogP contribution in [0, 0.1) is 0 Å². The van der Waals surface area contributed by atoms with E-state index in [9.17, 15) is 0 Å². The lowest BCUT2D eigenvalue weighted by Gasteiger charge is -2.28. The van der Waals surface area contributed by atoms with E-state index < -0.39 is 5.79 Å². The van der Waals surface area contributed by atoms with Crippen molar-refractivity contribution in [3.8, 4) is 11.5 Å². The highest BCUT2D eigenvalue weighted by Crippen LogP contribution is 2.31. The maximum Gasteiger partial charge on any atom is 0.187 e. The molecule has 0 bridgehead atoms. The quantitative estimate of drug-likeness (QED) is 0.506. The predicted octanol–water partition coefficient (Wildman–Crippen LogP) is 4.37. The van der Waals surface area contributed by atoms with Crippen molar-refractivity contribution in [2.24, 2.45) is 0 Å². The maximum atomic E-state index is 6.39. The Hall–Kier alpha value is -2.54. The first-order valence-electron chi connectivity index (χ1n) is 9.93. The summed E-state index contributed by atoms with van der Waals surface area (Å²) in [6, 6.07) is 15.4. The summed E-state index contributed by atoms with van der Waals surface area (Å²) in [5, 5.41) is 0.731. The van der Waals surface area contributed by atoms with Gasteiger partial charge in [-0.05, 0) is 36.2 Å². The fraction of sp³-hybridized carbons (Fsp3) is 0.348. The Morgan fingerprint density at radius 3 is 2.80 bits per heavy atom. The van der Waals surface area contributed by atoms with Crippen molar-refractivity contribution in [2.45, 2.75) is 31.3 Å². The van der Waals surface area contributed by atoms with Gasteiger partial charge in [-0.3, -0.25) is 0 Å². The zero-order valence-electron chi connectivity index (χ0n) is 16.9. The molecule has 0 radical (unpaired) electrons. The predicted molar refractivity (Wildman–Crippen MR) is 114 cm³/mol. The molecule has 2 atom stereocenters. The van der Waals surface area contributed by atoms with E-state index >= 15 is 0 Å². The van der Waals surface area contributed by atoms with E-state index in [1.165, 1.54) is 5.56 Å². The summed E-state index contributed by atoms with van der Waals surface area (Å²) in [4.78, 5) is 4.14. The highest BCUT2D eigenvalue weighted by atomic mass is 35.5. The van der Waals surface area contributed by atoms with Crippen LogP contribution in [0.2, 0.25) is 5.02 Å². The van der Waals surface area contributed by atoms with Gasteiger partial charge in [0.25, 0.3) is 0 Å². The van der Waals surface area contributed by atoms with Crippen LogP contribution in [-0.2, 0) is 22.4 Å². The molecule has 0 aliphatic carbocycles. The van der Waals surface area contributed by atoms with E-state index in [-0.39, 0.29) is 6.10 Å². The number of rotatable bonds is 9. The number of hydrogen-bond acceptors (Lipinski definition) is 5. The van der Waals surface area contributed by atoms with E-state index in [4.69, 9.17) is 30.5 Å². The third-order valence-electron chi connectivity index (χ3n) is 5.08. The van der Waals surface area contributed by atoms with E-state index in [1.54, 1.807) is 19.6 Å². The maximum absolute atomic E-state index is 6.39. The second kappa shape index (κ2) is 9.51. The number of methoxy groups -OCH3 is 1. The summed E-state index contributed by atoms with van der Waals surface area (Å²) in [5.41, 5.74) is 1.19. The highest BCUT2D eigenvalue weighted by molar-refractivity contribution is 6.30. The lowest BCUT2D eigenvalue weighted by molar-refractivity contribution is -0.184. The number of aryl methyl sites for hydroxylation is 1. The monoisotopic (exact) mass is 428 g/mol. The van der Waals surface area contributed by atoms with Gasteiger partial charge in [-0.15, -0.1) is 0 Å². The first kappa shape index (κ1) is 20.7. The molecular formula is C23H25ClN2O4. The molecule has 0 spiro atoms. The lowest BCUT2D eigenvalue weighted by atomic mass is 10.0. The third-order valence-corrected chi connectivity index (χ3v) is 5.33. The van der Waals surface area contributed by atoms with E-state index in [0.29, 0.717) is 26.2 Å². The first-order chi connectivity index (χ1) is 14.6.